The minimum atomic E-state index is -1.03. The van der Waals surface area contributed by atoms with Crippen LogP contribution in [-0.2, 0) is 5.75 Å². The third-order valence-corrected chi connectivity index (χ3v) is 3.51. The van der Waals surface area contributed by atoms with Crippen molar-refractivity contribution in [1.82, 2.24) is 0 Å². The average Bonchev–Trinajstić information content (AvgIpc) is 2.82. The number of hydrogen-bond donors (Lipinski definition) is 1. The van der Waals surface area contributed by atoms with Crippen LogP contribution in [-0.4, -0.2) is 11.1 Å². The van der Waals surface area contributed by atoms with E-state index in [4.69, 9.17) is 13.9 Å². The lowest BCUT2D eigenvalue weighted by molar-refractivity contribution is 0.0659. The summed E-state index contributed by atoms with van der Waals surface area (Å²) in [7, 11) is 0. The highest BCUT2D eigenvalue weighted by Gasteiger charge is 2.14. The zero-order valence-corrected chi connectivity index (χ0v) is 10.3. The maximum absolute atomic E-state index is 10.8. The highest BCUT2D eigenvalue weighted by molar-refractivity contribution is 7.98. The van der Waals surface area contributed by atoms with E-state index in [9.17, 15) is 4.79 Å². The van der Waals surface area contributed by atoms with Crippen LogP contribution < -0.4 is 0 Å². The van der Waals surface area contributed by atoms with E-state index < -0.39 is 5.97 Å². The summed E-state index contributed by atoms with van der Waals surface area (Å²) in [5.74, 6) is 1.10. The Labute approximate surface area is 103 Å². The number of furan rings is 2. The van der Waals surface area contributed by atoms with Crippen molar-refractivity contribution < 1.29 is 18.7 Å². The van der Waals surface area contributed by atoms with Crippen LogP contribution in [0.3, 0.4) is 0 Å². The van der Waals surface area contributed by atoms with Gasteiger partial charge in [-0.05, 0) is 26.0 Å². The molecule has 2 aromatic heterocycles. The molecule has 0 fully saturated rings. The summed E-state index contributed by atoms with van der Waals surface area (Å²) >= 11 is 1.56. The molecule has 0 aromatic carbocycles. The van der Waals surface area contributed by atoms with Crippen molar-refractivity contribution >= 4 is 17.7 Å². The van der Waals surface area contributed by atoms with Crippen LogP contribution in [0.4, 0.5) is 0 Å². The second-order valence-electron chi connectivity index (χ2n) is 3.66. The van der Waals surface area contributed by atoms with Crippen molar-refractivity contribution in [3.63, 3.8) is 0 Å². The van der Waals surface area contributed by atoms with Crippen molar-refractivity contribution in [1.29, 1.82) is 0 Å². The van der Waals surface area contributed by atoms with E-state index in [1.165, 1.54) is 0 Å². The lowest BCUT2D eigenvalue weighted by Crippen LogP contribution is -1.94. The Hall–Kier alpha value is -1.62. The summed E-state index contributed by atoms with van der Waals surface area (Å²) < 4.78 is 10.4. The molecular formula is C12H12O4S. The number of carboxylic acids is 1. The van der Waals surface area contributed by atoms with Gasteiger partial charge in [0.2, 0.25) is 5.76 Å². The summed E-state index contributed by atoms with van der Waals surface area (Å²) in [4.78, 5) is 11.8. The third kappa shape index (κ3) is 2.55. The number of hydrogen-bond acceptors (Lipinski definition) is 4. The summed E-state index contributed by atoms with van der Waals surface area (Å²) in [6.45, 7) is 3.61. The van der Waals surface area contributed by atoms with Crippen LogP contribution in [0.25, 0.3) is 0 Å². The molecule has 1 N–H and O–H groups in total. The molecule has 2 aromatic rings. The number of rotatable bonds is 4. The lowest BCUT2D eigenvalue weighted by atomic mass is 10.3. The van der Waals surface area contributed by atoms with E-state index >= 15 is 0 Å². The Balaban J connectivity index is 2.07. The third-order valence-electron chi connectivity index (χ3n) is 2.34. The van der Waals surface area contributed by atoms with Crippen molar-refractivity contribution in [2.45, 2.75) is 24.5 Å². The van der Waals surface area contributed by atoms with Crippen molar-refractivity contribution in [2.24, 2.45) is 0 Å². The number of carboxylic acid groups (broad SMARTS) is 1. The fraction of sp³-hybridized carbons (Fsp3) is 0.250. The minimum Gasteiger partial charge on any atom is -0.475 e. The summed E-state index contributed by atoms with van der Waals surface area (Å²) in [6, 6.07) is 3.64. The molecule has 4 nitrogen and oxygen atoms in total. The molecule has 0 bridgehead atoms. The topological polar surface area (TPSA) is 63.6 Å². The first-order valence-electron chi connectivity index (χ1n) is 5.07. The molecule has 0 atom stereocenters. The highest BCUT2D eigenvalue weighted by atomic mass is 32.2. The lowest BCUT2D eigenvalue weighted by Gasteiger charge is -1.96. The molecule has 0 aliphatic heterocycles. The molecule has 0 aliphatic carbocycles. The van der Waals surface area contributed by atoms with Crippen LogP contribution in [0.5, 0.6) is 0 Å². The first-order valence-corrected chi connectivity index (χ1v) is 6.06. The van der Waals surface area contributed by atoms with Gasteiger partial charge in [0.1, 0.15) is 11.5 Å². The predicted octanol–water partition coefficient (Wildman–Crippen LogP) is 3.48. The maximum atomic E-state index is 10.8. The SMILES string of the molecule is Cc1cc(CSc2ccoc2C)oc1C(=O)O. The zero-order chi connectivity index (χ0) is 12.4. The minimum absolute atomic E-state index is 0.0181. The van der Waals surface area contributed by atoms with Crippen LogP contribution in [0.15, 0.2) is 32.1 Å². The molecule has 17 heavy (non-hydrogen) atoms. The van der Waals surface area contributed by atoms with Gasteiger partial charge < -0.3 is 13.9 Å². The van der Waals surface area contributed by atoms with Gasteiger partial charge in [0, 0.05) is 10.5 Å². The number of aromatic carboxylic acids is 1. The van der Waals surface area contributed by atoms with E-state index in [1.807, 2.05) is 13.0 Å². The standard InChI is InChI=1S/C12H12O4S/c1-7-5-9(16-11(7)12(13)14)6-17-10-3-4-15-8(10)2/h3-5H,6H2,1-2H3,(H,13,14). The monoisotopic (exact) mass is 252 g/mol. The van der Waals surface area contributed by atoms with Gasteiger partial charge >= 0.3 is 5.97 Å². The van der Waals surface area contributed by atoms with Gasteiger partial charge in [0.15, 0.2) is 0 Å². The van der Waals surface area contributed by atoms with Crippen molar-refractivity contribution in [2.75, 3.05) is 0 Å². The molecule has 0 saturated carbocycles. The molecule has 0 amide bonds. The number of carbonyl (C=O) groups is 1. The molecule has 0 radical (unpaired) electrons. The predicted molar refractivity (Wildman–Crippen MR) is 63.4 cm³/mol. The molecular weight excluding hydrogens is 240 g/mol. The van der Waals surface area contributed by atoms with Crippen LogP contribution in [0.2, 0.25) is 0 Å². The smallest absolute Gasteiger partial charge is 0.372 e. The van der Waals surface area contributed by atoms with Gasteiger partial charge in [-0.15, -0.1) is 11.8 Å². The number of thioether (sulfide) groups is 1. The van der Waals surface area contributed by atoms with E-state index in [1.54, 1.807) is 31.0 Å². The Morgan fingerprint density at radius 3 is 2.76 bits per heavy atom. The summed E-state index contributed by atoms with van der Waals surface area (Å²) in [5, 5.41) is 8.86. The van der Waals surface area contributed by atoms with Crippen molar-refractivity contribution in [3.8, 4) is 0 Å². The molecule has 0 saturated heterocycles. The fourth-order valence-electron chi connectivity index (χ4n) is 1.50. The Morgan fingerprint density at radius 2 is 2.24 bits per heavy atom. The molecule has 0 aliphatic rings. The van der Waals surface area contributed by atoms with Gasteiger partial charge in [0.05, 0.1) is 12.0 Å². The quantitative estimate of drug-likeness (QED) is 0.844. The highest BCUT2D eigenvalue weighted by Crippen LogP contribution is 2.28. The van der Waals surface area contributed by atoms with Gasteiger partial charge in [-0.25, -0.2) is 4.79 Å². The fourth-order valence-corrected chi connectivity index (χ4v) is 2.35. The molecule has 2 rings (SSSR count). The average molecular weight is 252 g/mol. The Bertz CT molecular complexity index is 538. The molecule has 2 heterocycles. The molecule has 90 valence electrons. The second-order valence-corrected chi connectivity index (χ2v) is 4.68. The second kappa shape index (κ2) is 4.71. The van der Waals surface area contributed by atoms with E-state index in [2.05, 4.69) is 0 Å². The van der Waals surface area contributed by atoms with Crippen LogP contribution in [0.1, 0.15) is 27.6 Å². The first kappa shape index (κ1) is 11.9. The van der Waals surface area contributed by atoms with E-state index in [0.29, 0.717) is 17.1 Å². The van der Waals surface area contributed by atoms with Gasteiger partial charge in [-0.1, -0.05) is 0 Å². The van der Waals surface area contributed by atoms with Crippen LogP contribution >= 0.6 is 11.8 Å². The largest absolute Gasteiger partial charge is 0.475 e. The van der Waals surface area contributed by atoms with E-state index in [0.717, 1.165) is 10.7 Å². The summed E-state index contributed by atoms with van der Waals surface area (Å²) in [5.41, 5.74) is 0.650. The normalized spacial score (nSPS) is 10.7. The molecule has 0 unspecified atom stereocenters. The first-order chi connectivity index (χ1) is 8.08. The van der Waals surface area contributed by atoms with Crippen molar-refractivity contribution in [3.05, 3.63) is 41.2 Å². The summed E-state index contributed by atoms with van der Waals surface area (Å²) in [6.07, 6.45) is 1.63. The zero-order valence-electron chi connectivity index (χ0n) is 9.52. The molecule has 0 spiro atoms. The van der Waals surface area contributed by atoms with Crippen LogP contribution in [0, 0.1) is 13.8 Å². The van der Waals surface area contributed by atoms with Gasteiger partial charge in [-0.3, -0.25) is 0 Å². The Kier molecular flexibility index (Phi) is 3.28. The van der Waals surface area contributed by atoms with Gasteiger partial charge in [-0.2, -0.15) is 0 Å². The molecule has 5 heteroatoms. The Morgan fingerprint density at radius 1 is 1.47 bits per heavy atom. The number of aryl methyl sites for hydroxylation is 2. The maximum Gasteiger partial charge on any atom is 0.372 e. The van der Waals surface area contributed by atoms with E-state index in [-0.39, 0.29) is 5.76 Å². The van der Waals surface area contributed by atoms with Gasteiger partial charge in [0.25, 0.3) is 0 Å².